The minimum absolute atomic E-state index is 0.0422. The zero-order chi connectivity index (χ0) is 9.97. The fraction of sp³-hybridized carbons (Fsp3) is 0. The van der Waals surface area contributed by atoms with Gasteiger partial charge in [-0.25, -0.2) is 0 Å². The van der Waals surface area contributed by atoms with Gasteiger partial charge >= 0.3 is 6.08 Å². The number of halogens is 1. The average molecular weight is 212 g/mol. The Balaban J connectivity index is 2.18. The molecule has 0 fully saturated rings. The molecule has 0 aliphatic carbocycles. The van der Waals surface area contributed by atoms with E-state index in [-0.39, 0.29) is 17.0 Å². The molecule has 0 aliphatic heterocycles. The maximum Gasteiger partial charge on any atom is 0.400 e. The average Bonchev–Trinajstić information content (AvgIpc) is 2.51. The molecule has 2 rings (SSSR count). The van der Waals surface area contributed by atoms with Crippen LogP contribution in [0.25, 0.3) is 0 Å². The van der Waals surface area contributed by atoms with Crippen LogP contribution in [0.2, 0.25) is 5.22 Å². The largest absolute Gasteiger partial charge is 0.508 e. The van der Waals surface area contributed by atoms with Gasteiger partial charge in [0.15, 0.2) is 0 Å². The first kappa shape index (κ1) is 8.90. The maximum absolute atomic E-state index is 9.14. The van der Waals surface area contributed by atoms with E-state index in [1.54, 1.807) is 12.1 Å². The van der Waals surface area contributed by atoms with Crippen molar-refractivity contribution in [1.29, 1.82) is 0 Å². The second-order valence-electron chi connectivity index (χ2n) is 2.53. The fourth-order valence-corrected chi connectivity index (χ4v) is 1.05. The van der Waals surface area contributed by atoms with Gasteiger partial charge in [0.2, 0.25) is 5.22 Å². The van der Waals surface area contributed by atoms with E-state index in [9.17, 15) is 0 Å². The van der Waals surface area contributed by atoms with Crippen molar-refractivity contribution in [2.45, 2.75) is 0 Å². The van der Waals surface area contributed by atoms with Crippen molar-refractivity contribution in [3.63, 3.8) is 0 Å². The number of aromatic nitrogens is 1. The van der Waals surface area contributed by atoms with E-state index < -0.39 is 0 Å². The number of phenolic OH excluding ortho intramolecular Hbond substituents is 1. The van der Waals surface area contributed by atoms with E-state index in [1.807, 2.05) is 0 Å². The summed E-state index contributed by atoms with van der Waals surface area (Å²) < 4.78 is 10.0. The lowest BCUT2D eigenvalue weighted by atomic mass is 10.3. The van der Waals surface area contributed by atoms with Crippen LogP contribution in [0.5, 0.6) is 17.6 Å². The van der Waals surface area contributed by atoms with Crippen LogP contribution in [0.1, 0.15) is 0 Å². The predicted octanol–water partition coefficient (Wildman–Crippen LogP) is 2.83. The lowest BCUT2D eigenvalue weighted by molar-refractivity contribution is 0.330. The Hall–Kier alpha value is -1.68. The number of oxazole rings is 1. The third-order valence-electron chi connectivity index (χ3n) is 1.48. The highest BCUT2D eigenvalue weighted by atomic mass is 35.5. The first-order valence-corrected chi connectivity index (χ1v) is 4.20. The lowest BCUT2D eigenvalue weighted by Gasteiger charge is -1.99. The summed E-state index contributed by atoms with van der Waals surface area (Å²) in [6.45, 7) is 0. The van der Waals surface area contributed by atoms with Crippen LogP contribution >= 0.6 is 11.6 Å². The number of phenols is 1. The van der Waals surface area contributed by atoms with Crippen LogP contribution in [0, 0.1) is 0 Å². The molecular formula is C9H6ClNO3. The quantitative estimate of drug-likeness (QED) is 0.830. The smallest absolute Gasteiger partial charge is 0.400 e. The SMILES string of the molecule is Oc1cccc(Oc2ncc(Cl)o2)c1. The molecule has 0 spiro atoms. The van der Waals surface area contributed by atoms with Gasteiger partial charge < -0.3 is 14.3 Å². The van der Waals surface area contributed by atoms with Crippen LogP contribution < -0.4 is 4.74 Å². The minimum atomic E-state index is 0.0422. The van der Waals surface area contributed by atoms with Crippen molar-refractivity contribution in [3.05, 3.63) is 35.7 Å². The van der Waals surface area contributed by atoms with Crippen LogP contribution in [0.15, 0.2) is 34.9 Å². The highest BCUT2D eigenvalue weighted by Gasteiger charge is 2.04. The predicted molar refractivity (Wildman–Crippen MR) is 49.7 cm³/mol. The van der Waals surface area contributed by atoms with Gasteiger partial charge in [-0.15, -0.1) is 0 Å². The van der Waals surface area contributed by atoms with Crippen molar-refractivity contribution in [1.82, 2.24) is 4.98 Å². The summed E-state index contributed by atoms with van der Waals surface area (Å²) >= 11 is 5.50. The maximum atomic E-state index is 9.14. The Bertz CT molecular complexity index is 441. The van der Waals surface area contributed by atoms with Crippen molar-refractivity contribution in [3.8, 4) is 17.6 Å². The highest BCUT2D eigenvalue weighted by molar-refractivity contribution is 6.28. The van der Waals surface area contributed by atoms with Gasteiger partial charge in [0, 0.05) is 6.07 Å². The van der Waals surface area contributed by atoms with E-state index in [0.717, 1.165) is 0 Å². The number of rotatable bonds is 2. The monoisotopic (exact) mass is 211 g/mol. The summed E-state index contributed by atoms with van der Waals surface area (Å²) in [7, 11) is 0. The van der Waals surface area contributed by atoms with E-state index in [4.69, 9.17) is 25.9 Å². The Kier molecular flexibility index (Phi) is 2.28. The summed E-state index contributed by atoms with van der Waals surface area (Å²) in [4.78, 5) is 3.74. The zero-order valence-electron chi connectivity index (χ0n) is 6.98. The van der Waals surface area contributed by atoms with E-state index in [1.165, 1.54) is 18.3 Å². The van der Waals surface area contributed by atoms with Gasteiger partial charge in [0.1, 0.15) is 11.5 Å². The molecule has 0 amide bonds. The van der Waals surface area contributed by atoms with E-state index >= 15 is 0 Å². The molecule has 0 radical (unpaired) electrons. The molecule has 2 aromatic rings. The standard InChI is InChI=1S/C9H6ClNO3/c10-8-5-11-9(14-8)13-7-3-1-2-6(12)4-7/h1-5,12H. The molecule has 1 aromatic heterocycles. The van der Waals surface area contributed by atoms with Gasteiger partial charge in [-0.2, -0.15) is 4.98 Å². The Morgan fingerprint density at radius 3 is 2.93 bits per heavy atom. The van der Waals surface area contributed by atoms with Crippen LogP contribution in [0.4, 0.5) is 0 Å². The molecule has 4 nitrogen and oxygen atoms in total. The molecule has 0 atom stereocenters. The van der Waals surface area contributed by atoms with E-state index in [0.29, 0.717) is 5.75 Å². The first-order valence-electron chi connectivity index (χ1n) is 3.82. The van der Waals surface area contributed by atoms with Gasteiger partial charge in [-0.05, 0) is 23.7 Å². The molecule has 1 aromatic carbocycles. The number of nitrogens with zero attached hydrogens (tertiary/aromatic N) is 1. The third-order valence-corrected chi connectivity index (χ3v) is 1.65. The molecule has 0 bridgehead atoms. The molecule has 14 heavy (non-hydrogen) atoms. The summed E-state index contributed by atoms with van der Waals surface area (Å²) in [6, 6.07) is 6.29. The van der Waals surface area contributed by atoms with Crippen molar-refractivity contribution in [2.75, 3.05) is 0 Å². The first-order chi connectivity index (χ1) is 6.74. The fourth-order valence-electron chi connectivity index (χ4n) is 0.935. The highest BCUT2D eigenvalue weighted by Crippen LogP contribution is 2.25. The topological polar surface area (TPSA) is 55.5 Å². The Morgan fingerprint density at radius 2 is 2.29 bits per heavy atom. The number of benzene rings is 1. The summed E-state index contributed by atoms with van der Waals surface area (Å²) in [5.41, 5.74) is 0. The van der Waals surface area contributed by atoms with Crippen molar-refractivity contribution >= 4 is 11.6 Å². The number of hydrogen-bond donors (Lipinski definition) is 1. The molecule has 0 aliphatic rings. The molecule has 1 N–H and O–H groups in total. The third kappa shape index (κ3) is 1.97. The lowest BCUT2D eigenvalue weighted by Crippen LogP contribution is -1.82. The normalized spacial score (nSPS) is 10.1. The molecule has 0 saturated heterocycles. The van der Waals surface area contributed by atoms with Crippen molar-refractivity contribution in [2.24, 2.45) is 0 Å². The Labute approximate surface area is 84.7 Å². The molecule has 1 heterocycles. The zero-order valence-corrected chi connectivity index (χ0v) is 7.73. The van der Waals surface area contributed by atoms with Gasteiger partial charge in [0.25, 0.3) is 0 Å². The second-order valence-corrected chi connectivity index (χ2v) is 2.90. The Morgan fingerprint density at radius 1 is 1.43 bits per heavy atom. The van der Waals surface area contributed by atoms with Crippen LogP contribution in [-0.2, 0) is 0 Å². The number of ether oxygens (including phenoxy) is 1. The summed E-state index contributed by atoms with van der Waals surface area (Å²) in [5.74, 6) is 0.545. The van der Waals surface area contributed by atoms with Crippen LogP contribution in [-0.4, -0.2) is 10.1 Å². The van der Waals surface area contributed by atoms with Gasteiger partial charge in [-0.1, -0.05) is 6.07 Å². The van der Waals surface area contributed by atoms with Gasteiger partial charge in [0.05, 0.1) is 6.20 Å². The molecule has 72 valence electrons. The van der Waals surface area contributed by atoms with Crippen LogP contribution in [0.3, 0.4) is 0 Å². The van der Waals surface area contributed by atoms with Crippen molar-refractivity contribution < 1.29 is 14.3 Å². The summed E-state index contributed by atoms with van der Waals surface area (Å²) in [5, 5.41) is 9.29. The second kappa shape index (κ2) is 3.59. The molecule has 0 saturated carbocycles. The molecule has 5 heteroatoms. The number of hydrogen-bond acceptors (Lipinski definition) is 4. The minimum Gasteiger partial charge on any atom is -0.508 e. The number of aromatic hydroxyl groups is 1. The van der Waals surface area contributed by atoms with E-state index in [2.05, 4.69) is 4.98 Å². The molecule has 0 unspecified atom stereocenters. The molecular weight excluding hydrogens is 206 g/mol. The summed E-state index contributed by atoms with van der Waals surface area (Å²) in [6.07, 6.45) is 1.38. The van der Waals surface area contributed by atoms with Gasteiger partial charge in [-0.3, -0.25) is 0 Å².